The molecule has 0 atom stereocenters. The van der Waals surface area contributed by atoms with Crippen LogP contribution in [0.5, 0.6) is 34.5 Å². The van der Waals surface area contributed by atoms with E-state index in [9.17, 15) is 30.6 Å². The average molecular weight is 653 g/mol. The Bertz CT molecular complexity index is 2000. The van der Waals surface area contributed by atoms with Gasteiger partial charge in [-0.3, -0.25) is 0 Å². The second kappa shape index (κ2) is 14.1. The Morgan fingerprint density at radius 1 is 0.265 bits per heavy atom. The fourth-order valence-corrected chi connectivity index (χ4v) is 6.47. The van der Waals surface area contributed by atoms with Crippen molar-refractivity contribution >= 4 is 0 Å². The topological polar surface area (TPSA) is 121 Å². The van der Waals surface area contributed by atoms with E-state index in [0.29, 0.717) is 70.2 Å². The molecule has 0 aliphatic heterocycles. The lowest BCUT2D eigenvalue weighted by Crippen LogP contribution is -1.99. The Kier molecular flexibility index (Phi) is 9.49. The number of phenols is 6. The van der Waals surface area contributed by atoms with Crippen molar-refractivity contribution in [3.8, 4) is 34.5 Å². The van der Waals surface area contributed by atoms with Gasteiger partial charge < -0.3 is 30.6 Å². The summed E-state index contributed by atoms with van der Waals surface area (Å²) in [6, 6.07) is 33.1. The van der Waals surface area contributed by atoms with Crippen molar-refractivity contribution < 1.29 is 30.6 Å². The van der Waals surface area contributed by atoms with Crippen LogP contribution in [0.4, 0.5) is 0 Å². The molecular formula is C43H40O6. The van der Waals surface area contributed by atoms with Crippen LogP contribution >= 0.6 is 0 Å². The van der Waals surface area contributed by atoms with E-state index in [2.05, 4.69) is 0 Å². The summed E-state index contributed by atoms with van der Waals surface area (Å²) in [6.45, 7) is 3.68. The van der Waals surface area contributed by atoms with Gasteiger partial charge >= 0.3 is 0 Å². The van der Waals surface area contributed by atoms with Gasteiger partial charge in [-0.15, -0.1) is 0 Å². The molecular weight excluding hydrogens is 612 g/mol. The molecule has 0 bridgehead atoms. The monoisotopic (exact) mass is 652 g/mol. The van der Waals surface area contributed by atoms with Crippen LogP contribution in [0, 0.1) is 13.8 Å². The van der Waals surface area contributed by atoms with Gasteiger partial charge in [0.2, 0.25) is 0 Å². The van der Waals surface area contributed by atoms with Crippen LogP contribution in [0.15, 0.2) is 109 Å². The van der Waals surface area contributed by atoms with Crippen molar-refractivity contribution in [1.29, 1.82) is 0 Å². The van der Waals surface area contributed by atoms with E-state index in [1.165, 1.54) is 0 Å². The van der Waals surface area contributed by atoms with Crippen molar-refractivity contribution in [3.63, 3.8) is 0 Å². The van der Waals surface area contributed by atoms with E-state index >= 15 is 0 Å². The molecule has 6 nitrogen and oxygen atoms in total. The molecule has 248 valence electrons. The van der Waals surface area contributed by atoms with Gasteiger partial charge in [-0.25, -0.2) is 0 Å². The lowest BCUT2D eigenvalue weighted by molar-refractivity contribution is 0.452. The Morgan fingerprint density at radius 2 is 0.429 bits per heavy atom. The van der Waals surface area contributed by atoms with Gasteiger partial charge in [-0.1, -0.05) is 109 Å². The fourth-order valence-electron chi connectivity index (χ4n) is 6.47. The minimum absolute atomic E-state index is 0.0955. The summed E-state index contributed by atoms with van der Waals surface area (Å²) in [5.74, 6) is 0.878. The molecule has 0 radical (unpaired) electrons. The Labute approximate surface area is 286 Å². The number of hydrogen-bond donors (Lipinski definition) is 6. The van der Waals surface area contributed by atoms with Crippen LogP contribution in [0.25, 0.3) is 0 Å². The standard InChI is InChI=1S/C43H40O6/c1-26-9-3-11-28(38(26)44)21-30-13-5-15-32(40(30)46)23-34-17-7-19-36(42(34)48)25-37-20-8-18-35(43(37)49)24-33-16-6-14-31(41(33)47)22-29-12-4-10-27(2)39(29)45/h3-20,44-49H,21-25H2,1-2H3. The Hall–Kier alpha value is -5.88. The van der Waals surface area contributed by atoms with E-state index in [1.54, 1.807) is 0 Å². The van der Waals surface area contributed by atoms with Crippen LogP contribution in [-0.2, 0) is 32.1 Å². The highest BCUT2D eigenvalue weighted by molar-refractivity contribution is 5.54. The fraction of sp³-hybridized carbons (Fsp3) is 0.163. The Balaban J connectivity index is 1.21. The smallest absolute Gasteiger partial charge is 0.122 e. The molecule has 6 aromatic carbocycles. The molecule has 6 aromatic rings. The highest BCUT2D eigenvalue weighted by Gasteiger charge is 2.17. The van der Waals surface area contributed by atoms with Gasteiger partial charge in [0.05, 0.1) is 0 Å². The summed E-state index contributed by atoms with van der Waals surface area (Å²) in [5, 5.41) is 66.0. The number of hydrogen-bond acceptors (Lipinski definition) is 6. The van der Waals surface area contributed by atoms with Crippen LogP contribution in [-0.4, -0.2) is 30.6 Å². The maximum Gasteiger partial charge on any atom is 0.122 e. The lowest BCUT2D eigenvalue weighted by atomic mass is 9.93. The van der Waals surface area contributed by atoms with Crippen molar-refractivity contribution in [1.82, 2.24) is 0 Å². The molecule has 49 heavy (non-hydrogen) atoms. The number of aromatic hydroxyl groups is 6. The van der Waals surface area contributed by atoms with Crippen molar-refractivity contribution in [2.24, 2.45) is 0 Å². The highest BCUT2D eigenvalue weighted by Crippen LogP contribution is 2.36. The van der Waals surface area contributed by atoms with Crippen molar-refractivity contribution in [2.45, 2.75) is 46.0 Å². The predicted molar refractivity (Wildman–Crippen MR) is 192 cm³/mol. The molecule has 0 fully saturated rings. The third-order valence-electron chi connectivity index (χ3n) is 9.36. The largest absolute Gasteiger partial charge is 0.507 e. The molecule has 6 heteroatoms. The zero-order valence-electron chi connectivity index (χ0n) is 27.6. The SMILES string of the molecule is Cc1cccc(Cc2cccc(Cc3cccc(Cc4cccc(Cc5cccc(Cc6cccc(C)c6O)c5O)c4O)c3O)c2O)c1O. The third-order valence-corrected chi connectivity index (χ3v) is 9.36. The lowest BCUT2D eigenvalue weighted by Gasteiger charge is -2.15. The van der Waals surface area contributed by atoms with Gasteiger partial charge in [-0.05, 0) is 80.6 Å². The van der Waals surface area contributed by atoms with Crippen LogP contribution in [0.2, 0.25) is 0 Å². The zero-order valence-corrected chi connectivity index (χ0v) is 27.6. The summed E-state index contributed by atoms with van der Waals surface area (Å²) < 4.78 is 0. The maximum absolute atomic E-state index is 11.3. The van der Waals surface area contributed by atoms with E-state index in [1.807, 2.05) is 123 Å². The summed E-state index contributed by atoms with van der Waals surface area (Å²) in [5.41, 5.74) is 8.21. The van der Waals surface area contributed by atoms with Crippen molar-refractivity contribution in [3.05, 3.63) is 176 Å². The van der Waals surface area contributed by atoms with Gasteiger partial charge in [0.25, 0.3) is 0 Å². The molecule has 0 amide bonds. The van der Waals surface area contributed by atoms with E-state index < -0.39 is 0 Å². The normalized spacial score (nSPS) is 11.1. The molecule has 0 saturated carbocycles. The molecule has 0 unspecified atom stereocenters. The second-order valence-electron chi connectivity index (χ2n) is 12.7. The predicted octanol–water partition coefficient (Wildman–Crippen LogP) is 8.49. The van der Waals surface area contributed by atoms with Crippen LogP contribution in [0.1, 0.15) is 66.8 Å². The maximum atomic E-state index is 11.3. The molecule has 6 N–H and O–H groups in total. The second-order valence-corrected chi connectivity index (χ2v) is 12.7. The van der Waals surface area contributed by atoms with E-state index in [0.717, 1.165) is 22.3 Å². The quantitative estimate of drug-likeness (QED) is 0.0883. The van der Waals surface area contributed by atoms with Crippen molar-refractivity contribution in [2.75, 3.05) is 0 Å². The van der Waals surface area contributed by atoms with E-state index in [-0.39, 0.29) is 40.9 Å². The molecule has 6 rings (SSSR count). The number of rotatable bonds is 10. The first-order valence-corrected chi connectivity index (χ1v) is 16.3. The number of phenolic OH excluding ortho intramolecular Hbond substituents is 6. The van der Waals surface area contributed by atoms with Gasteiger partial charge in [0.15, 0.2) is 0 Å². The van der Waals surface area contributed by atoms with Gasteiger partial charge in [0, 0.05) is 32.1 Å². The first-order valence-electron chi connectivity index (χ1n) is 16.3. The number of aryl methyl sites for hydroxylation is 2. The summed E-state index contributed by atoms with van der Waals surface area (Å²) >= 11 is 0. The minimum atomic E-state index is 0.0955. The van der Waals surface area contributed by atoms with Crippen LogP contribution < -0.4 is 0 Å². The average Bonchev–Trinajstić information content (AvgIpc) is 3.08. The number of para-hydroxylation sites is 6. The summed E-state index contributed by atoms with van der Waals surface area (Å²) in [7, 11) is 0. The van der Waals surface area contributed by atoms with Crippen LogP contribution in [0.3, 0.4) is 0 Å². The zero-order chi connectivity index (χ0) is 34.7. The molecule has 0 saturated heterocycles. The first-order chi connectivity index (χ1) is 23.6. The van der Waals surface area contributed by atoms with Gasteiger partial charge in [0.1, 0.15) is 34.5 Å². The minimum Gasteiger partial charge on any atom is -0.507 e. The van der Waals surface area contributed by atoms with E-state index in [4.69, 9.17) is 0 Å². The molecule has 0 spiro atoms. The third kappa shape index (κ3) is 7.04. The number of benzene rings is 6. The molecule has 0 aliphatic rings. The Morgan fingerprint density at radius 3 is 0.633 bits per heavy atom. The van der Waals surface area contributed by atoms with Gasteiger partial charge in [-0.2, -0.15) is 0 Å². The molecule has 0 heterocycles. The summed E-state index contributed by atoms with van der Waals surface area (Å²) in [6.07, 6.45) is 1.60. The first kappa shape index (κ1) is 33.0. The molecule has 0 aliphatic carbocycles. The summed E-state index contributed by atoms with van der Waals surface area (Å²) in [4.78, 5) is 0. The highest BCUT2D eigenvalue weighted by atomic mass is 16.3. The molecule has 0 aromatic heterocycles.